The Morgan fingerprint density at radius 3 is 2.50 bits per heavy atom. The average molecular weight is 271 g/mol. The molecule has 0 fully saturated rings. The number of esters is 1. The van der Waals surface area contributed by atoms with Crippen molar-refractivity contribution in [1.29, 1.82) is 0 Å². The van der Waals surface area contributed by atoms with Crippen LogP contribution in [0.15, 0.2) is 18.2 Å². The van der Waals surface area contributed by atoms with Gasteiger partial charge in [0.2, 0.25) is 0 Å². The van der Waals surface area contributed by atoms with E-state index in [1.165, 1.54) is 14.2 Å². The van der Waals surface area contributed by atoms with Crippen LogP contribution in [0.1, 0.15) is 22.8 Å². The largest absolute Gasteiger partial charge is 0.496 e. The summed E-state index contributed by atoms with van der Waals surface area (Å²) in [6.45, 7) is 1.97. The molecule has 5 heteroatoms. The minimum atomic E-state index is -1.35. The van der Waals surface area contributed by atoms with Gasteiger partial charge in [0.25, 0.3) is 0 Å². The summed E-state index contributed by atoms with van der Waals surface area (Å²) in [5, 5.41) is -1.35. The first kappa shape index (κ1) is 14.5. The summed E-state index contributed by atoms with van der Waals surface area (Å²) in [5.41, 5.74) is 1.26. The molecule has 98 valence electrons. The smallest absolute Gasteiger partial charge is 0.331 e. The molecule has 0 aliphatic rings. The molecular weight excluding hydrogens is 256 g/mol. The number of carbonyl (C=O) groups excluding carboxylic acids is 2. The molecule has 1 aromatic rings. The van der Waals surface area contributed by atoms with Crippen LogP contribution in [0.3, 0.4) is 0 Å². The third-order valence-corrected chi connectivity index (χ3v) is 2.95. The standard InChI is InChI=1S/C13H15ClO4/c1-4-8-5-6-10(17-2)9(7-8)12(15)11(14)13(16)18-3/h5-7,11H,4H2,1-3H3. The maximum atomic E-state index is 12.1. The first-order valence-corrected chi connectivity index (χ1v) is 5.91. The second-order valence-corrected chi connectivity index (χ2v) is 4.07. The maximum Gasteiger partial charge on any atom is 0.331 e. The molecule has 18 heavy (non-hydrogen) atoms. The van der Waals surface area contributed by atoms with Crippen molar-refractivity contribution in [3.05, 3.63) is 29.3 Å². The summed E-state index contributed by atoms with van der Waals surface area (Å²) in [6.07, 6.45) is 0.773. The van der Waals surface area contributed by atoms with Crippen molar-refractivity contribution >= 4 is 23.4 Å². The van der Waals surface area contributed by atoms with Gasteiger partial charge in [0.15, 0.2) is 11.2 Å². The molecule has 0 bridgehead atoms. The minimum absolute atomic E-state index is 0.294. The molecule has 0 radical (unpaired) electrons. The van der Waals surface area contributed by atoms with Gasteiger partial charge in [0, 0.05) is 0 Å². The van der Waals surface area contributed by atoms with Crippen molar-refractivity contribution in [2.24, 2.45) is 0 Å². The number of methoxy groups -OCH3 is 2. The molecule has 0 N–H and O–H groups in total. The highest BCUT2D eigenvalue weighted by molar-refractivity contribution is 6.43. The molecule has 1 unspecified atom stereocenters. The number of rotatable bonds is 5. The van der Waals surface area contributed by atoms with Crippen LogP contribution in [0.4, 0.5) is 0 Å². The summed E-state index contributed by atoms with van der Waals surface area (Å²) >= 11 is 5.76. The van der Waals surface area contributed by atoms with Crippen molar-refractivity contribution in [1.82, 2.24) is 0 Å². The molecule has 0 saturated heterocycles. The molecule has 1 atom stereocenters. The third kappa shape index (κ3) is 3.01. The molecule has 4 nitrogen and oxygen atoms in total. The van der Waals surface area contributed by atoms with Crippen molar-refractivity contribution in [2.45, 2.75) is 18.7 Å². The number of Topliss-reactive ketones (excluding diaryl/α,β-unsaturated/α-hetero) is 1. The Morgan fingerprint density at radius 2 is 2.00 bits per heavy atom. The number of hydrogen-bond donors (Lipinski definition) is 0. The zero-order valence-corrected chi connectivity index (χ0v) is 11.3. The Labute approximate surface area is 111 Å². The second-order valence-electron chi connectivity index (χ2n) is 3.64. The van der Waals surface area contributed by atoms with Gasteiger partial charge in [0.05, 0.1) is 19.8 Å². The Balaban J connectivity index is 3.13. The molecule has 0 amide bonds. The van der Waals surface area contributed by atoms with Crippen LogP contribution >= 0.6 is 11.6 Å². The van der Waals surface area contributed by atoms with E-state index in [2.05, 4.69) is 4.74 Å². The summed E-state index contributed by atoms with van der Waals surface area (Å²) < 4.78 is 9.55. The number of halogens is 1. The Bertz CT molecular complexity index is 456. The van der Waals surface area contributed by atoms with Crippen LogP contribution < -0.4 is 4.74 Å². The lowest BCUT2D eigenvalue weighted by atomic mass is 10.0. The molecule has 1 rings (SSSR count). The van der Waals surface area contributed by atoms with Gasteiger partial charge in [-0.3, -0.25) is 4.79 Å². The highest BCUT2D eigenvalue weighted by Gasteiger charge is 2.28. The van der Waals surface area contributed by atoms with E-state index in [0.717, 1.165) is 12.0 Å². The first-order chi connectivity index (χ1) is 8.54. The number of ketones is 1. The molecule has 1 aromatic carbocycles. The third-order valence-electron chi connectivity index (χ3n) is 2.58. The predicted octanol–water partition coefficient (Wildman–Crippen LogP) is 2.22. The molecule has 0 spiro atoms. The molecule has 0 heterocycles. The van der Waals surface area contributed by atoms with E-state index in [-0.39, 0.29) is 0 Å². The summed E-state index contributed by atoms with van der Waals surface area (Å²) in [4.78, 5) is 23.3. The SMILES string of the molecule is CCc1ccc(OC)c(C(=O)C(Cl)C(=O)OC)c1. The fraction of sp³-hybridized carbons (Fsp3) is 0.385. The van der Waals surface area contributed by atoms with Crippen LogP contribution in [-0.2, 0) is 16.0 Å². The zero-order valence-electron chi connectivity index (χ0n) is 10.5. The van der Waals surface area contributed by atoms with Gasteiger partial charge < -0.3 is 9.47 Å². The van der Waals surface area contributed by atoms with E-state index in [0.29, 0.717) is 11.3 Å². The molecule has 0 aromatic heterocycles. The fourth-order valence-electron chi connectivity index (χ4n) is 1.51. The monoisotopic (exact) mass is 270 g/mol. The van der Waals surface area contributed by atoms with Gasteiger partial charge in [-0.15, -0.1) is 11.6 Å². The van der Waals surface area contributed by atoms with Crippen LogP contribution in [0, 0.1) is 0 Å². The van der Waals surface area contributed by atoms with E-state index < -0.39 is 17.1 Å². The number of hydrogen-bond acceptors (Lipinski definition) is 4. The van der Waals surface area contributed by atoms with E-state index in [9.17, 15) is 9.59 Å². The van der Waals surface area contributed by atoms with Crippen molar-refractivity contribution < 1.29 is 19.1 Å². The zero-order chi connectivity index (χ0) is 13.7. The molecule has 0 aliphatic heterocycles. The lowest BCUT2D eigenvalue weighted by molar-refractivity contribution is -0.139. The van der Waals surface area contributed by atoms with Gasteiger partial charge in [0.1, 0.15) is 5.75 Å². The lowest BCUT2D eigenvalue weighted by Crippen LogP contribution is -2.26. The van der Waals surface area contributed by atoms with Crippen molar-refractivity contribution in [3.8, 4) is 5.75 Å². The highest BCUT2D eigenvalue weighted by atomic mass is 35.5. The summed E-state index contributed by atoms with van der Waals surface area (Å²) in [7, 11) is 2.64. The molecule has 0 saturated carbocycles. The van der Waals surface area contributed by atoms with E-state index >= 15 is 0 Å². The van der Waals surface area contributed by atoms with Gasteiger partial charge in [-0.1, -0.05) is 13.0 Å². The van der Waals surface area contributed by atoms with E-state index in [4.69, 9.17) is 16.3 Å². The van der Waals surface area contributed by atoms with Gasteiger partial charge in [-0.25, -0.2) is 4.79 Å². The Morgan fingerprint density at radius 1 is 1.33 bits per heavy atom. The highest BCUT2D eigenvalue weighted by Crippen LogP contribution is 2.23. The first-order valence-electron chi connectivity index (χ1n) is 5.48. The van der Waals surface area contributed by atoms with Crippen molar-refractivity contribution in [2.75, 3.05) is 14.2 Å². The van der Waals surface area contributed by atoms with Crippen LogP contribution in [0.5, 0.6) is 5.75 Å². The van der Waals surface area contributed by atoms with Gasteiger partial charge in [-0.05, 0) is 24.1 Å². The van der Waals surface area contributed by atoms with Crippen LogP contribution in [0.25, 0.3) is 0 Å². The molecule has 0 aliphatic carbocycles. The number of ether oxygens (including phenoxy) is 2. The Hall–Kier alpha value is -1.55. The lowest BCUT2D eigenvalue weighted by Gasteiger charge is -2.11. The minimum Gasteiger partial charge on any atom is -0.496 e. The fourth-order valence-corrected chi connectivity index (χ4v) is 1.72. The van der Waals surface area contributed by atoms with Crippen LogP contribution in [-0.4, -0.2) is 31.3 Å². The maximum absolute atomic E-state index is 12.1. The summed E-state index contributed by atoms with van der Waals surface area (Å²) in [5.74, 6) is -0.895. The second kappa shape index (κ2) is 6.40. The van der Waals surface area contributed by atoms with E-state index in [1.54, 1.807) is 12.1 Å². The van der Waals surface area contributed by atoms with Crippen LogP contribution in [0.2, 0.25) is 0 Å². The predicted molar refractivity (Wildman–Crippen MR) is 68.4 cm³/mol. The Kier molecular flexibility index (Phi) is 5.16. The normalized spacial score (nSPS) is 11.8. The quantitative estimate of drug-likeness (QED) is 0.356. The van der Waals surface area contributed by atoms with Gasteiger partial charge in [-0.2, -0.15) is 0 Å². The number of benzene rings is 1. The number of carbonyl (C=O) groups is 2. The van der Waals surface area contributed by atoms with Crippen molar-refractivity contribution in [3.63, 3.8) is 0 Å². The summed E-state index contributed by atoms with van der Waals surface area (Å²) in [6, 6.07) is 5.23. The number of aryl methyl sites for hydroxylation is 1. The number of alkyl halides is 1. The van der Waals surface area contributed by atoms with E-state index in [1.807, 2.05) is 13.0 Å². The van der Waals surface area contributed by atoms with Gasteiger partial charge >= 0.3 is 5.97 Å². The topological polar surface area (TPSA) is 52.6 Å². The average Bonchev–Trinajstić information content (AvgIpc) is 2.43. The molecular formula is C13H15ClO4.